The summed E-state index contributed by atoms with van der Waals surface area (Å²) in [6.45, 7) is 0. The molecule has 0 aliphatic heterocycles. The number of benzene rings is 2. The molecule has 0 saturated carbocycles. The number of fused-ring (bicyclic) bond motifs is 2. The van der Waals surface area contributed by atoms with E-state index in [4.69, 9.17) is 4.98 Å². The van der Waals surface area contributed by atoms with Crippen molar-refractivity contribution >= 4 is 37.6 Å². The van der Waals surface area contributed by atoms with Gasteiger partial charge in [0.15, 0.2) is 0 Å². The summed E-state index contributed by atoms with van der Waals surface area (Å²) in [4.78, 5) is 9.17. The molecule has 2 heterocycles. The van der Waals surface area contributed by atoms with E-state index in [9.17, 15) is 0 Å². The van der Waals surface area contributed by atoms with Crippen molar-refractivity contribution in [3.05, 3.63) is 72.6 Å². The maximum atomic E-state index is 4.80. The smallest absolute Gasteiger partial charge is 0.0731 e. The molecule has 3 heteroatoms. The molecule has 106 valence electrons. The van der Waals surface area contributed by atoms with Gasteiger partial charge in [0.2, 0.25) is 0 Å². The predicted octanol–water partition coefficient (Wildman–Crippen LogP) is 5.34. The number of nitrogens with zero attached hydrogens (tertiary/aromatic N) is 2. The lowest BCUT2D eigenvalue weighted by Crippen LogP contribution is -1.89. The quantitative estimate of drug-likeness (QED) is 0.456. The summed E-state index contributed by atoms with van der Waals surface area (Å²) in [6.07, 6.45) is 3.80. The molecule has 0 radical (unpaired) electrons. The standard InChI is InChI=1S/C19H13BrN2/c20-10-13-5-6-15-11-21-12-17(16(15)9-13)19-8-7-14-3-1-2-4-18(14)22-19/h1-9,11-12H,10H2. The number of hydrogen-bond acceptors (Lipinski definition) is 2. The Kier molecular flexibility index (Phi) is 3.35. The molecule has 2 aromatic carbocycles. The van der Waals surface area contributed by atoms with Gasteiger partial charge in [-0.3, -0.25) is 4.98 Å². The van der Waals surface area contributed by atoms with Crippen LogP contribution in [0.3, 0.4) is 0 Å². The van der Waals surface area contributed by atoms with Crippen molar-refractivity contribution in [1.29, 1.82) is 0 Å². The molecule has 0 spiro atoms. The molecule has 0 bridgehead atoms. The average Bonchev–Trinajstić information content (AvgIpc) is 2.60. The van der Waals surface area contributed by atoms with E-state index in [1.54, 1.807) is 0 Å². The van der Waals surface area contributed by atoms with E-state index in [-0.39, 0.29) is 0 Å². The summed E-state index contributed by atoms with van der Waals surface area (Å²) >= 11 is 3.53. The Hall–Kier alpha value is -2.26. The third kappa shape index (κ3) is 2.28. The Bertz CT molecular complexity index is 979. The average molecular weight is 349 g/mol. The van der Waals surface area contributed by atoms with E-state index in [1.807, 2.05) is 30.6 Å². The van der Waals surface area contributed by atoms with Gasteiger partial charge in [-0.2, -0.15) is 0 Å². The molecule has 4 rings (SSSR count). The molecule has 0 fully saturated rings. The van der Waals surface area contributed by atoms with E-state index in [0.717, 1.165) is 32.9 Å². The summed E-state index contributed by atoms with van der Waals surface area (Å²) in [5.74, 6) is 0. The number of halogens is 1. The molecular formula is C19H13BrN2. The van der Waals surface area contributed by atoms with Gasteiger partial charge in [0.25, 0.3) is 0 Å². The number of aromatic nitrogens is 2. The molecule has 0 aliphatic carbocycles. The summed E-state index contributed by atoms with van der Waals surface area (Å²) < 4.78 is 0. The topological polar surface area (TPSA) is 25.8 Å². The first-order valence-corrected chi connectivity index (χ1v) is 8.26. The first-order valence-electron chi connectivity index (χ1n) is 7.14. The first kappa shape index (κ1) is 13.4. The fourth-order valence-electron chi connectivity index (χ4n) is 2.71. The van der Waals surface area contributed by atoms with Gasteiger partial charge in [-0.05, 0) is 29.1 Å². The second-order valence-electron chi connectivity index (χ2n) is 5.27. The molecule has 0 atom stereocenters. The minimum absolute atomic E-state index is 0.843. The third-order valence-electron chi connectivity index (χ3n) is 3.85. The lowest BCUT2D eigenvalue weighted by Gasteiger charge is -2.08. The second kappa shape index (κ2) is 5.50. The highest BCUT2D eigenvalue weighted by molar-refractivity contribution is 9.08. The minimum Gasteiger partial charge on any atom is -0.263 e. The minimum atomic E-state index is 0.843. The zero-order chi connectivity index (χ0) is 14.9. The summed E-state index contributed by atoms with van der Waals surface area (Å²) in [5.41, 5.74) is 4.30. The Balaban J connectivity index is 1.98. The van der Waals surface area contributed by atoms with Crippen molar-refractivity contribution in [2.75, 3.05) is 0 Å². The van der Waals surface area contributed by atoms with Crippen molar-refractivity contribution in [3.63, 3.8) is 0 Å². The lowest BCUT2D eigenvalue weighted by molar-refractivity contribution is 1.33. The normalized spacial score (nSPS) is 11.1. The fourth-order valence-corrected chi connectivity index (χ4v) is 3.06. The van der Waals surface area contributed by atoms with E-state index >= 15 is 0 Å². The maximum Gasteiger partial charge on any atom is 0.0731 e. The van der Waals surface area contributed by atoms with E-state index in [0.29, 0.717) is 0 Å². The summed E-state index contributed by atoms with van der Waals surface area (Å²) in [7, 11) is 0. The zero-order valence-corrected chi connectivity index (χ0v) is 13.4. The van der Waals surface area contributed by atoms with Crippen LogP contribution in [0.4, 0.5) is 0 Å². The van der Waals surface area contributed by atoms with Gasteiger partial charge >= 0.3 is 0 Å². The van der Waals surface area contributed by atoms with Crippen molar-refractivity contribution in [2.45, 2.75) is 5.33 Å². The third-order valence-corrected chi connectivity index (χ3v) is 4.50. The van der Waals surface area contributed by atoms with Crippen LogP contribution in [0.2, 0.25) is 0 Å². The molecule has 0 aliphatic rings. The van der Waals surface area contributed by atoms with Crippen LogP contribution in [0.5, 0.6) is 0 Å². The fraction of sp³-hybridized carbons (Fsp3) is 0.0526. The first-order chi connectivity index (χ1) is 10.8. The van der Waals surface area contributed by atoms with Crippen molar-refractivity contribution in [2.24, 2.45) is 0 Å². The van der Waals surface area contributed by atoms with E-state index < -0.39 is 0 Å². The van der Waals surface area contributed by atoms with Crippen LogP contribution < -0.4 is 0 Å². The Morgan fingerprint density at radius 1 is 0.864 bits per heavy atom. The van der Waals surface area contributed by atoms with Gasteiger partial charge in [0.05, 0.1) is 11.2 Å². The molecule has 4 aromatic rings. The SMILES string of the molecule is BrCc1ccc2cncc(-c3ccc4ccccc4n3)c2c1. The van der Waals surface area contributed by atoms with Crippen molar-refractivity contribution < 1.29 is 0 Å². The lowest BCUT2D eigenvalue weighted by atomic mass is 10.0. The van der Waals surface area contributed by atoms with Gasteiger partial charge in [-0.25, -0.2) is 4.98 Å². The number of para-hydroxylation sites is 1. The van der Waals surface area contributed by atoms with Crippen molar-refractivity contribution in [3.8, 4) is 11.3 Å². The highest BCUT2D eigenvalue weighted by atomic mass is 79.9. The van der Waals surface area contributed by atoms with Crippen LogP contribution in [-0.4, -0.2) is 9.97 Å². The van der Waals surface area contributed by atoms with E-state index in [2.05, 4.69) is 57.3 Å². The molecular weight excluding hydrogens is 336 g/mol. The van der Waals surface area contributed by atoms with Crippen LogP contribution in [0.15, 0.2) is 67.0 Å². The van der Waals surface area contributed by atoms with Gasteiger partial charge in [0.1, 0.15) is 0 Å². The van der Waals surface area contributed by atoms with Crippen LogP contribution in [-0.2, 0) is 5.33 Å². The second-order valence-corrected chi connectivity index (χ2v) is 5.83. The van der Waals surface area contributed by atoms with Gasteiger partial charge < -0.3 is 0 Å². The monoisotopic (exact) mass is 348 g/mol. The number of rotatable bonds is 2. The maximum absolute atomic E-state index is 4.80. The molecule has 2 nitrogen and oxygen atoms in total. The molecule has 0 saturated heterocycles. The largest absolute Gasteiger partial charge is 0.263 e. The predicted molar refractivity (Wildman–Crippen MR) is 95.1 cm³/mol. The van der Waals surface area contributed by atoms with Crippen LogP contribution >= 0.6 is 15.9 Å². The Morgan fingerprint density at radius 2 is 1.73 bits per heavy atom. The summed E-state index contributed by atoms with van der Waals surface area (Å²) in [6, 6.07) is 18.8. The van der Waals surface area contributed by atoms with Gasteiger partial charge in [-0.15, -0.1) is 0 Å². The van der Waals surface area contributed by atoms with Crippen LogP contribution in [0.1, 0.15) is 5.56 Å². The molecule has 0 amide bonds. The van der Waals surface area contributed by atoms with Gasteiger partial charge in [-0.1, -0.05) is 52.3 Å². The summed E-state index contributed by atoms with van der Waals surface area (Å²) in [5, 5.41) is 4.32. The molecule has 0 N–H and O–H groups in total. The van der Waals surface area contributed by atoms with Crippen LogP contribution in [0, 0.1) is 0 Å². The Morgan fingerprint density at radius 3 is 2.64 bits per heavy atom. The van der Waals surface area contributed by atoms with E-state index in [1.165, 1.54) is 10.9 Å². The number of alkyl halides is 1. The number of pyridine rings is 2. The van der Waals surface area contributed by atoms with Gasteiger partial charge in [0, 0.05) is 34.1 Å². The molecule has 22 heavy (non-hydrogen) atoms. The molecule has 2 aromatic heterocycles. The highest BCUT2D eigenvalue weighted by Crippen LogP contribution is 2.29. The van der Waals surface area contributed by atoms with Crippen LogP contribution in [0.25, 0.3) is 32.9 Å². The zero-order valence-electron chi connectivity index (χ0n) is 11.8. The highest BCUT2D eigenvalue weighted by Gasteiger charge is 2.07. The van der Waals surface area contributed by atoms with Crippen molar-refractivity contribution in [1.82, 2.24) is 9.97 Å². The Labute approximate surface area is 137 Å². The molecule has 0 unspecified atom stereocenters. The number of hydrogen-bond donors (Lipinski definition) is 0.